The maximum absolute atomic E-state index is 13.3. The fourth-order valence-corrected chi connectivity index (χ4v) is 2.53. The third-order valence-corrected chi connectivity index (χ3v) is 3.75. The average Bonchev–Trinajstić information content (AvgIpc) is 3.11. The lowest BCUT2D eigenvalue weighted by Crippen LogP contribution is -2.27. The van der Waals surface area contributed by atoms with Crippen LogP contribution in [0.5, 0.6) is 0 Å². The molecule has 3 rings (SSSR count). The lowest BCUT2D eigenvalue weighted by Gasteiger charge is -2.19. The zero-order valence-electron chi connectivity index (χ0n) is 12.8. The number of aromatic nitrogens is 1. The Morgan fingerprint density at radius 3 is 2.33 bits per heavy atom. The topological polar surface area (TPSA) is 34.0 Å². The van der Waals surface area contributed by atoms with Crippen molar-refractivity contribution >= 4 is 11.6 Å². The zero-order valence-corrected chi connectivity index (χ0v) is 12.8. The van der Waals surface area contributed by atoms with E-state index in [1.54, 1.807) is 17.0 Å². The minimum absolute atomic E-state index is 0.226. The lowest BCUT2D eigenvalue weighted by atomic mass is 10.0. The fourth-order valence-electron chi connectivity index (χ4n) is 2.53. The minimum atomic E-state index is -0.992. The minimum Gasteiger partial charge on any atom is -0.342 e. The standard InChI is InChI=1S/C19H16F2N2O/c20-16-9-8-15(13-17(16)21)22-19(24)18(23-10-4-5-11-23)12-14-6-2-1-3-7-14/h1-11,13,18H,12H2,(H,22,24)/t18-/m0/s1. The SMILES string of the molecule is O=C(Nc1ccc(F)c(F)c1)[C@H](Cc1ccccc1)n1cccc1. The summed E-state index contributed by atoms with van der Waals surface area (Å²) in [6.07, 6.45) is 4.10. The summed E-state index contributed by atoms with van der Waals surface area (Å²) in [6.45, 7) is 0. The van der Waals surface area contributed by atoms with Gasteiger partial charge in [0, 0.05) is 30.6 Å². The summed E-state index contributed by atoms with van der Waals surface area (Å²) < 4.78 is 28.1. The molecule has 1 aromatic heterocycles. The second-order valence-electron chi connectivity index (χ2n) is 5.45. The largest absolute Gasteiger partial charge is 0.342 e. The first kappa shape index (κ1) is 15.9. The number of anilines is 1. The van der Waals surface area contributed by atoms with Crippen LogP contribution in [0, 0.1) is 11.6 Å². The van der Waals surface area contributed by atoms with Gasteiger partial charge >= 0.3 is 0 Å². The van der Waals surface area contributed by atoms with Gasteiger partial charge in [0.1, 0.15) is 6.04 Å². The quantitative estimate of drug-likeness (QED) is 0.749. The molecule has 122 valence electrons. The monoisotopic (exact) mass is 326 g/mol. The van der Waals surface area contributed by atoms with Crippen molar-refractivity contribution in [3.63, 3.8) is 0 Å². The van der Waals surface area contributed by atoms with Crippen molar-refractivity contribution in [2.75, 3.05) is 5.32 Å². The van der Waals surface area contributed by atoms with Crippen LogP contribution in [0.1, 0.15) is 11.6 Å². The highest BCUT2D eigenvalue weighted by atomic mass is 19.2. The van der Waals surface area contributed by atoms with E-state index < -0.39 is 17.7 Å². The summed E-state index contributed by atoms with van der Waals surface area (Å²) in [7, 11) is 0. The van der Waals surface area contributed by atoms with Gasteiger partial charge in [0.25, 0.3) is 0 Å². The molecule has 0 spiro atoms. The average molecular weight is 326 g/mol. The molecule has 0 aliphatic heterocycles. The van der Waals surface area contributed by atoms with Gasteiger partial charge in [0.2, 0.25) is 5.91 Å². The van der Waals surface area contributed by atoms with Gasteiger partial charge in [-0.15, -0.1) is 0 Å². The van der Waals surface area contributed by atoms with E-state index in [-0.39, 0.29) is 11.6 Å². The first-order chi connectivity index (χ1) is 11.6. The van der Waals surface area contributed by atoms with E-state index in [0.29, 0.717) is 6.42 Å². The molecule has 24 heavy (non-hydrogen) atoms. The maximum Gasteiger partial charge on any atom is 0.247 e. The van der Waals surface area contributed by atoms with Crippen LogP contribution in [-0.4, -0.2) is 10.5 Å². The Kier molecular flexibility index (Phi) is 4.70. The molecule has 5 heteroatoms. The number of hydrogen-bond acceptors (Lipinski definition) is 1. The van der Waals surface area contributed by atoms with Crippen molar-refractivity contribution in [1.82, 2.24) is 4.57 Å². The normalized spacial score (nSPS) is 11.9. The van der Waals surface area contributed by atoms with E-state index in [9.17, 15) is 13.6 Å². The summed E-state index contributed by atoms with van der Waals surface area (Å²) in [5, 5.41) is 2.65. The molecule has 1 heterocycles. The third kappa shape index (κ3) is 3.68. The summed E-state index contributed by atoms with van der Waals surface area (Å²) in [5.41, 5.74) is 1.24. The highest BCUT2D eigenvalue weighted by Gasteiger charge is 2.20. The van der Waals surface area contributed by atoms with Crippen LogP contribution in [0.2, 0.25) is 0 Å². The molecule has 0 aliphatic carbocycles. The van der Waals surface area contributed by atoms with E-state index in [2.05, 4.69) is 5.32 Å². The summed E-state index contributed by atoms with van der Waals surface area (Å²) in [5.74, 6) is -2.23. The van der Waals surface area contributed by atoms with Gasteiger partial charge in [0.15, 0.2) is 11.6 Å². The van der Waals surface area contributed by atoms with Crippen LogP contribution in [0.15, 0.2) is 73.1 Å². The Morgan fingerprint density at radius 2 is 1.67 bits per heavy atom. The second-order valence-corrected chi connectivity index (χ2v) is 5.45. The molecule has 1 atom stereocenters. The molecular formula is C19H16F2N2O. The molecular weight excluding hydrogens is 310 g/mol. The molecule has 3 aromatic rings. The Morgan fingerprint density at radius 1 is 0.958 bits per heavy atom. The first-order valence-electron chi connectivity index (χ1n) is 7.56. The van der Waals surface area contributed by atoms with Crippen molar-refractivity contribution in [3.8, 4) is 0 Å². The molecule has 1 N–H and O–H groups in total. The number of hydrogen-bond donors (Lipinski definition) is 1. The van der Waals surface area contributed by atoms with Crippen LogP contribution in [-0.2, 0) is 11.2 Å². The highest BCUT2D eigenvalue weighted by molar-refractivity contribution is 5.93. The smallest absolute Gasteiger partial charge is 0.247 e. The van der Waals surface area contributed by atoms with Gasteiger partial charge in [0.05, 0.1) is 0 Å². The van der Waals surface area contributed by atoms with Crippen LogP contribution >= 0.6 is 0 Å². The number of halogens is 2. The molecule has 2 aromatic carbocycles. The van der Waals surface area contributed by atoms with Crippen molar-refractivity contribution in [2.45, 2.75) is 12.5 Å². The van der Waals surface area contributed by atoms with Gasteiger partial charge in [-0.1, -0.05) is 30.3 Å². The Labute approximate surface area is 138 Å². The first-order valence-corrected chi connectivity index (χ1v) is 7.56. The molecule has 0 fully saturated rings. The number of nitrogens with one attached hydrogen (secondary N) is 1. The number of carbonyl (C=O) groups is 1. The van der Waals surface area contributed by atoms with Gasteiger partial charge in [-0.3, -0.25) is 4.79 Å². The van der Waals surface area contributed by atoms with Gasteiger partial charge in [-0.2, -0.15) is 0 Å². The number of carbonyl (C=O) groups excluding carboxylic acids is 1. The Hall–Kier alpha value is -2.95. The number of nitrogens with zero attached hydrogens (tertiary/aromatic N) is 1. The molecule has 0 radical (unpaired) electrons. The van der Waals surface area contributed by atoms with E-state index in [4.69, 9.17) is 0 Å². The molecule has 0 saturated carbocycles. The predicted molar refractivity (Wildman–Crippen MR) is 88.6 cm³/mol. The maximum atomic E-state index is 13.3. The van der Waals surface area contributed by atoms with E-state index >= 15 is 0 Å². The summed E-state index contributed by atoms with van der Waals surface area (Å²) in [6, 6.07) is 16.1. The molecule has 0 aliphatic rings. The van der Waals surface area contributed by atoms with Crippen molar-refractivity contribution in [1.29, 1.82) is 0 Å². The van der Waals surface area contributed by atoms with Crippen molar-refractivity contribution in [3.05, 3.63) is 90.3 Å². The van der Waals surface area contributed by atoms with Crippen LogP contribution in [0.25, 0.3) is 0 Å². The highest BCUT2D eigenvalue weighted by Crippen LogP contribution is 2.19. The van der Waals surface area contributed by atoms with Gasteiger partial charge in [-0.05, 0) is 29.8 Å². The van der Waals surface area contributed by atoms with Crippen LogP contribution in [0.4, 0.5) is 14.5 Å². The summed E-state index contributed by atoms with van der Waals surface area (Å²) in [4.78, 5) is 12.7. The third-order valence-electron chi connectivity index (χ3n) is 3.75. The second kappa shape index (κ2) is 7.08. The van der Waals surface area contributed by atoms with Crippen molar-refractivity contribution in [2.24, 2.45) is 0 Å². The fraction of sp³-hybridized carbons (Fsp3) is 0.105. The van der Waals surface area contributed by atoms with Gasteiger partial charge < -0.3 is 9.88 Å². The molecule has 3 nitrogen and oxygen atoms in total. The predicted octanol–water partition coefficient (Wildman–Crippen LogP) is 4.19. The van der Waals surface area contributed by atoms with E-state index in [0.717, 1.165) is 17.7 Å². The summed E-state index contributed by atoms with van der Waals surface area (Å²) >= 11 is 0. The van der Waals surface area contributed by atoms with E-state index in [1.165, 1.54) is 6.07 Å². The number of rotatable bonds is 5. The number of benzene rings is 2. The molecule has 0 saturated heterocycles. The van der Waals surface area contributed by atoms with Crippen LogP contribution < -0.4 is 5.32 Å². The number of amides is 1. The lowest BCUT2D eigenvalue weighted by molar-refractivity contribution is -0.119. The van der Waals surface area contributed by atoms with Crippen LogP contribution in [0.3, 0.4) is 0 Å². The molecule has 0 unspecified atom stereocenters. The zero-order chi connectivity index (χ0) is 16.9. The Bertz CT molecular complexity index is 817. The Balaban J connectivity index is 1.82. The molecule has 1 amide bonds. The van der Waals surface area contributed by atoms with E-state index in [1.807, 2.05) is 42.5 Å². The van der Waals surface area contributed by atoms with Gasteiger partial charge in [-0.25, -0.2) is 8.78 Å². The molecule has 0 bridgehead atoms. The van der Waals surface area contributed by atoms with Crippen molar-refractivity contribution < 1.29 is 13.6 Å².